The van der Waals surface area contributed by atoms with E-state index in [9.17, 15) is 5.11 Å². The molecule has 1 atom stereocenters. The maximum absolute atomic E-state index is 9.74. The molecule has 6 nitrogen and oxygen atoms in total. The Morgan fingerprint density at radius 1 is 1.29 bits per heavy atom. The summed E-state index contributed by atoms with van der Waals surface area (Å²) in [4.78, 5) is 3.92. The van der Waals surface area contributed by atoms with E-state index in [0.717, 1.165) is 13.0 Å². The lowest BCUT2D eigenvalue weighted by Gasteiger charge is -2.12. The largest absolute Gasteiger partial charge is 0.389 e. The number of ether oxygens (including phenoxy) is 1. The molecule has 6 heteroatoms. The zero-order chi connectivity index (χ0) is 15.2. The second kappa shape index (κ2) is 12.7. The molecular weight excluding hydrogens is 270 g/mol. The van der Waals surface area contributed by atoms with Gasteiger partial charge in [0, 0.05) is 26.1 Å². The number of rotatable bonds is 14. The average molecular weight is 299 g/mol. The van der Waals surface area contributed by atoms with Crippen LogP contribution < -0.4 is 5.32 Å². The summed E-state index contributed by atoms with van der Waals surface area (Å²) in [6, 6.07) is 0. The lowest BCUT2D eigenvalue weighted by atomic mass is 10.1. The Labute approximate surface area is 127 Å². The normalized spacial score (nSPS) is 12.7. The van der Waals surface area contributed by atoms with E-state index in [1.54, 1.807) is 0 Å². The molecule has 1 heterocycles. The zero-order valence-corrected chi connectivity index (χ0v) is 13.1. The highest BCUT2D eigenvalue weighted by Crippen LogP contribution is 2.04. The first-order valence-electron chi connectivity index (χ1n) is 8.04. The molecule has 0 bridgehead atoms. The van der Waals surface area contributed by atoms with Crippen molar-refractivity contribution >= 4 is 0 Å². The lowest BCUT2D eigenvalue weighted by Crippen LogP contribution is -2.31. The maximum Gasteiger partial charge on any atom is 0.213 e. The third-order valence-corrected chi connectivity index (χ3v) is 3.26. The first-order chi connectivity index (χ1) is 10.3. The van der Waals surface area contributed by atoms with E-state index in [4.69, 9.17) is 4.74 Å². The third-order valence-electron chi connectivity index (χ3n) is 3.26. The summed E-state index contributed by atoms with van der Waals surface area (Å²) in [5.74, 6) is 0.677. The minimum Gasteiger partial charge on any atom is -0.389 e. The summed E-state index contributed by atoms with van der Waals surface area (Å²) in [6.45, 7) is 4.60. The van der Waals surface area contributed by atoms with Crippen LogP contribution in [-0.2, 0) is 11.2 Å². The standard InChI is InChI=1S/C15H29N3O3/c1-2-3-4-5-6-7-10-20-12-14(19)11-16-9-8-15-17-13-21-18-15/h13-14,16,19H,2-12H2,1H3. The molecule has 0 amide bonds. The molecule has 21 heavy (non-hydrogen) atoms. The van der Waals surface area contributed by atoms with Crippen molar-refractivity contribution in [2.75, 3.05) is 26.3 Å². The SMILES string of the molecule is CCCCCCCCOCC(O)CNCCc1ncon1. The molecular formula is C15H29N3O3. The quantitative estimate of drug-likeness (QED) is 0.511. The van der Waals surface area contributed by atoms with Crippen LogP contribution in [0.15, 0.2) is 10.9 Å². The number of aliphatic hydroxyl groups excluding tert-OH is 1. The van der Waals surface area contributed by atoms with Gasteiger partial charge in [-0.15, -0.1) is 0 Å². The Hall–Kier alpha value is -0.980. The third kappa shape index (κ3) is 10.4. The second-order valence-electron chi connectivity index (χ2n) is 5.30. The van der Waals surface area contributed by atoms with Crippen molar-refractivity contribution in [3.05, 3.63) is 12.2 Å². The summed E-state index contributed by atoms with van der Waals surface area (Å²) in [6.07, 6.45) is 9.08. The molecule has 0 saturated heterocycles. The van der Waals surface area contributed by atoms with Gasteiger partial charge in [-0.25, -0.2) is 0 Å². The first-order valence-corrected chi connectivity index (χ1v) is 8.04. The van der Waals surface area contributed by atoms with E-state index in [-0.39, 0.29) is 0 Å². The van der Waals surface area contributed by atoms with E-state index in [0.29, 0.717) is 31.9 Å². The smallest absolute Gasteiger partial charge is 0.213 e. The van der Waals surface area contributed by atoms with Crippen molar-refractivity contribution < 1.29 is 14.4 Å². The fourth-order valence-corrected chi connectivity index (χ4v) is 2.03. The van der Waals surface area contributed by atoms with Crippen LogP contribution in [0.3, 0.4) is 0 Å². The Bertz CT molecular complexity index is 320. The molecule has 0 radical (unpaired) electrons. The number of hydrogen-bond donors (Lipinski definition) is 2. The van der Waals surface area contributed by atoms with Crippen LogP contribution in [-0.4, -0.2) is 47.7 Å². The number of nitrogens with one attached hydrogen (secondary N) is 1. The van der Waals surface area contributed by atoms with E-state index < -0.39 is 6.10 Å². The van der Waals surface area contributed by atoms with E-state index in [1.807, 2.05) is 0 Å². The number of unbranched alkanes of at least 4 members (excludes halogenated alkanes) is 5. The maximum atomic E-state index is 9.74. The molecule has 1 aromatic heterocycles. The molecule has 1 rings (SSSR count). The fraction of sp³-hybridized carbons (Fsp3) is 0.867. The van der Waals surface area contributed by atoms with Crippen molar-refractivity contribution in [1.29, 1.82) is 0 Å². The van der Waals surface area contributed by atoms with E-state index in [1.165, 1.54) is 38.5 Å². The summed E-state index contributed by atoms with van der Waals surface area (Å²) < 4.78 is 10.1. The predicted octanol–water partition coefficient (Wildman–Crippen LogP) is 1.94. The number of hydrogen-bond acceptors (Lipinski definition) is 6. The summed E-state index contributed by atoms with van der Waals surface area (Å²) in [7, 11) is 0. The molecule has 2 N–H and O–H groups in total. The topological polar surface area (TPSA) is 80.4 Å². The van der Waals surface area contributed by atoms with Crippen molar-refractivity contribution in [3.63, 3.8) is 0 Å². The molecule has 0 aliphatic heterocycles. The van der Waals surface area contributed by atoms with Gasteiger partial charge in [-0.05, 0) is 6.42 Å². The van der Waals surface area contributed by atoms with Crippen molar-refractivity contribution in [1.82, 2.24) is 15.5 Å². The van der Waals surface area contributed by atoms with Crippen LogP contribution in [0.2, 0.25) is 0 Å². The van der Waals surface area contributed by atoms with Gasteiger partial charge in [-0.1, -0.05) is 44.2 Å². The summed E-state index contributed by atoms with van der Waals surface area (Å²) in [5, 5.41) is 16.6. The van der Waals surface area contributed by atoms with Crippen molar-refractivity contribution in [2.24, 2.45) is 0 Å². The van der Waals surface area contributed by atoms with Gasteiger partial charge in [0.2, 0.25) is 6.39 Å². The van der Waals surface area contributed by atoms with Crippen LogP contribution in [0.5, 0.6) is 0 Å². The Balaban J connectivity index is 1.82. The van der Waals surface area contributed by atoms with Crippen LogP contribution in [0, 0.1) is 0 Å². The van der Waals surface area contributed by atoms with Crippen LogP contribution in [0.4, 0.5) is 0 Å². The first kappa shape index (κ1) is 18.1. The van der Waals surface area contributed by atoms with Gasteiger partial charge in [0.1, 0.15) is 0 Å². The number of aromatic nitrogens is 2. The zero-order valence-electron chi connectivity index (χ0n) is 13.1. The van der Waals surface area contributed by atoms with Gasteiger partial charge in [0.15, 0.2) is 5.82 Å². The predicted molar refractivity (Wildman–Crippen MR) is 81.1 cm³/mol. The molecule has 0 aliphatic carbocycles. The van der Waals surface area contributed by atoms with Crippen LogP contribution >= 0.6 is 0 Å². The summed E-state index contributed by atoms with van der Waals surface area (Å²) in [5.41, 5.74) is 0. The molecule has 0 fully saturated rings. The molecule has 0 aromatic carbocycles. The molecule has 122 valence electrons. The Kier molecular flexibility index (Phi) is 11.0. The highest BCUT2D eigenvalue weighted by molar-refractivity contribution is 4.78. The van der Waals surface area contributed by atoms with Gasteiger partial charge in [-0.3, -0.25) is 0 Å². The lowest BCUT2D eigenvalue weighted by molar-refractivity contribution is 0.0355. The van der Waals surface area contributed by atoms with E-state index >= 15 is 0 Å². The average Bonchev–Trinajstić information content (AvgIpc) is 3.00. The molecule has 0 saturated carbocycles. The second-order valence-corrected chi connectivity index (χ2v) is 5.30. The molecule has 0 aliphatic rings. The number of aliphatic hydroxyl groups is 1. The van der Waals surface area contributed by atoms with Gasteiger partial charge < -0.3 is 19.7 Å². The van der Waals surface area contributed by atoms with Crippen LogP contribution in [0.1, 0.15) is 51.3 Å². The summed E-state index contributed by atoms with van der Waals surface area (Å²) >= 11 is 0. The van der Waals surface area contributed by atoms with Crippen LogP contribution in [0.25, 0.3) is 0 Å². The van der Waals surface area contributed by atoms with E-state index in [2.05, 4.69) is 26.9 Å². The van der Waals surface area contributed by atoms with Crippen molar-refractivity contribution in [2.45, 2.75) is 58.0 Å². The fourth-order valence-electron chi connectivity index (χ4n) is 2.03. The Morgan fingerprint density at radius 2 is 2.10 bits per heavy atom. The van der Waals surface area contributed by atoms with Gasteiger partial charge in [-0.2, -0.15) is 4.98 Å². The monoisotopic (exact) mass is 299 g/mol. The van der Waals surface area contributed by atoms with Crippen molar-refractivity contribution in [3.8, 4) is 0 Å². The Morgan fingerprint density at radius 3 is 2.86 bits per heavy atom. The number of nitrogens with zero attached hydrogens (tertiary/aromatic N) is 2. The molecule has 1 unspecified atom stereocenters. The minimum atomic E-state index is -0.463. The highest BCUT2D eigenvalue weighted by atomic mass is 16.5. The van der Waals surface area contributed by atoms with Gasteiger partial charge in [0.25, 0.3) is 0 Å². The van der Waals surface area contributed by atoms with Gasteiger partial charge >= 0.3 is 0 Å². The van der Waals surface area contributed by atoms with Gasteiger partial charge in [0.05, 0.1) is 12.7 Å². The highest BCUT2D eigenvalue weighted by Gasteiger charge is 2.04. The minimum absolute atomic E-state index is 0.393. The molecule has 1 aromatic rings. The molecule has 0 spiro atoms.